The average Bonchev–Trinajstić information content (AvgIpc) is 2.26. The Bertz CT molecular complexity index is 325. The topological polar surface area (TPSA) is 29.3 Å². The Balaban J connectivity index is 3.02. The number of anilines is 1. The first-order chi connectivity index (χ1) is 7.10. The zero-order valence-corrected chi connectivity index (χ0v) is 9.63. The van der Waals surface area contributed by atoms with Crippen molar-refractivity contribution in [3.05, 3.63) is 29.6 Å². The fourth-order valence-electron chi connectivity index (χ4n) is 1.57. The van der Waals surface area contributed by atoms with Gasteiger partial charge in [0.05, 0.1) is 0 Å². The Hall–Kier alpha value is -1.09. The van der Waals surface area contributed by atoms with Crippen molar-refractivity contribution >= 4 is 5.69 Å². The van der Waals surface area contributed by atoms with Gasteiger partial charge >= 0.3 is 0 Å². The highest BCUT2D eigenvalue weighted by molar-refractivity contribution is 5.53. The fraction of sp³-hybridized carbons (Fsp3) is 0.500. The van der Waals surface area contributed by atoms with Crippen molar-refractivity contribution in [2.45, 2.75) is 32.9 Å². The molecule has 0 bridgehead atoms. The molecule has 0 saturated heterocycles. The van der Waals surface area contributed by atoms with Crippen LogP contribution in [0.25, 0.3) is 0 Å². The molecule has 0 saturated carbocycles. The van der Waals surface area contributed by atoms with Crippen LogP contribution in [0.15, 0.2) is 18.2 Å². The molecule has 0 fully saturated rings. The summed E-state index contributed by atoms with van der Waals surface area (Å²) in [6, 6.07) is 5.21. The summed E-state index contributed by atoms with van der Waals surface area (Å²) in [4.78, 5) is 2.14. The quantitative estimate of drug-likeness (QED) is 0.827. The zero-order chi connectivity index (χ0) is 11.4. The Morgan fingerprint density at radius 3 is 2.67 bits per heavy atom. The van der Waals surface area contributed by atoms with E-state index < -0.39 is 0 Å². The lowest BCUT2D eigenvalue weighted by molar-refractivity contribution is 0.622. The predicted octanol–water partition coefficient (Wildman–Crippen LogP) is 2.52. The maximum atomic E-state index is 13.0. The van der Waals surface area contributed by atoms with E-state index in [1.807, 2.05) is 7.05 Å². The number of rotatable bonds is 4. The molecule has 0 amide bonds. The third-order valence-electron chi connectivity index (χ3n) is 2.89. The molecule has 1 atom stereocenters. The second-order valence-electron chi connectivity index (χ2n) is 3.85. The van der Waals surface area contributed by atoms with E-state index in [0.29, 0.717) is 12.6 Å². The summed E-state index contributed by atoms with van der Waals surface area (Å²) in [5, 5.41) is 0. The van der Waals surface area contributed by atoms with Crippen molar-refractivity contribution in [3.8, 4) is 0 Å². The third-order valence-corrected chi connectivity index (χ3v) is 2.89. The van der Waals surface area contributed by atoms with E-state index in [4.69, 9.17) is 5.73 Å². The van der Waals surface area contributed by atoms with E-state index >= 15 is 0 Å². The highest BCUT2D eigenvalue weighted by Gasteiger charge is 2.11. The molecule has 0 aliphatic rings. The molecule has 1 aromatic rings. The molecule has 0 heterocycles. The summed E-state index contributed by atoms with van der Waals surface area (Å²) in [5.41, 5.74) is 7.49. The summed E-state index contributed by atoms with van der Waals surface area (Å²) in [7, 11) is 2.01. The molecule has 0 aromatic heterocycles. The second kappa shape index (κ2) is 5.12. The van der Waals surface area contributed by atoms with Crippen LogP contribution in [0.1, 0.15) is 25.8 Å². The Morgan fingerprint density at radius 2 is 2.13 bits per heavy atom. The number of halogens is 1. The zero-order valence-electron chi connectivity index (χ0n) is 9.63. The summed E-state index contributed by atoms with van der Waals surface area (Å²) in [6.45, 7) is 4.64. The molecule has 1 unspecified atom stereocenters. The maximum Gasteiger partial charge on any atom is 0.123 e. The fourth-order valence-corrected chi connectivity index (χ4v) is 1.57. The van der Waals surface area contributed by atoms with Gasteiger partial charge in [-0.3, -0.25) is 0 Å². The molecule has 0 spiro atoms. The van der Waals surface area contributed by atoms with Crippen LogP contribution in [0.4, 0.5) is 10.1 Å². The monoisotopic (exact) mass is 210 g/mol. The number of benzene rings is 1. The Kier molecular flexibility index (Phi) is 4.09. The lowest BCUT2D eigenvalue weighted by atomic mass is 10.1. The summed E-state index contributed by atoms with van der Waals surface area (Å²) < 4.78 is 13.0. The molecule has 0 aliphatic carbocycles. The molecule has 0 radical (unpaired) electrons. The number of hydrogen-bond donors (Lipinski definition) is 1. The van der Waals surface area contributed by atoms with Gasteiger partial charge in [0.15, 0.2) is 0 Å². The van der Waals surface area contributed by atoms with Gasteiger partial charge in [-0.05, 0) is 37.1 Å². The summed E-state index contributed by atoms with van der Waals surface area (Å²) >= 11 is 0. The van der Waals surface area contributed by atoms with Crippen LogP contribution in [-0.4, -0.2) is 13.1 Å². The minimum absolute atomic E-state index is 0.225. The number of nitrogens with two attached hydrogens (primary N) is 1. The third kappa shape index (κ3) is 2.69. The van der Waals surface area contributed by atoms with Gasteiger partial charge in [-0.1, -0.05) is 6.92 Å². The predicted molar refractivity (Wildman–Crippen MR) is 62.4 cm³/mol. The molecule has 1 aromatic carbocycles. The number of nitrogens with zero attached hydrogens (tertiary/aromatic N) is 1. The first-order valence-electron chi connectivity index (χ1n) is 5.31. The van der Waals surface area contributed by atoms with Crippen LogP contribution in [0, 0.1) is 5.82 Å². The Morgan fingerprint density at radius 1 is 1.47 bits per heavy atom. The highest BCUT2D eigenvalue weighted by atomic mass is 19.1. The summed E-state index contributed by atoms with van der Waals surface area (Å²) in [6.07, 6.45) is 1.05. The molecule has 3 heteroatoms. The summed E-state index contributed by atoms with van der Waals surface area (Å²) in [5.74, 6) is -0.225. The lowest BCUT2D eigenvalue weighted by Gasteiger charge is -2.28. The van der Waals surface area contributed by atoms with Gasteiger partial charge < -0.3 is 10.6 Å². The van der Waals surface area contributed by atoms with Crippen molar-refractivity contribution in [2.75, 3.05) is 11.9 Å². The van der Waals surface area contributed by atoms with Crippen molar-refractivity contribution in [1.82, 2.24) is 0 Å². The van der Waals surface area contributed by atoms with Crippen LogP contribution in [0.5, 0.6) is 0 Å². The van der Waals surface area contributed by atoms with Crippen molar-refractivity contribution in [1.29, 1.82) is 0 Å². The first kappa shape index (κ1) is 12.0. The van der Waals surface area contributed by atoms with Gasteiger partial charge in [-0.15, -0.1) is 0 Å². The normalized spacial score (nSPS) is 12.6. The minimum atomic E-state index is -0.225. The average molecular weight is 210 g/mol. The first-order valence-corrected chi connectivity index (χ1v) is 5.31. The smallest absolute Gasteiger partial charge is 0.123 e. The van der Waals surface area contributed by atoms with E-state index in [0.717, 1.165) is 17.7 Å². The molecule has 1 rings (SSSR count). The molecular formula is C12H19FN2. The molecule has 2 N–H and O–H groups in total. The van der Waals surface area contributed by atoms with Gasteiger partial charge in [0.1, 0.15) is 5.82 Å². The SMILES string of the molecule is CCC(C)N(C)c1ccc(F)cc1CN. The minimum Gasteiger partial charge on any atom is -0.372 e. The highest BCUT2D eigenvalue weighted by Crippen LogP contribution is 2.22. The van der Waals surface area contributed by atoms with Crippen molar-refractivity contribution in [3.63, 3.8) is 0 Å². The molecule has 84 valence electrons. The molecule has 0 aliphatic heterocycles. The van der Waals surface area contributed by atoms with E-state index in [2.05, 4.69) is 18.7 Å². The Labute approximate surface area is 90.9 Å². The molecule has 15 heavy (non-hydrogen) atoms. The molecular weight excluding hydrogens is 191 g/mol. The molecule has 2 nitrogen and oxygen atoms in total. The van der Waals surface area contributed by atoms with Gasteiger partial charge in [0.25, 0.3) is 0 Å². The van der Waals surface area contributed by atoms with E-state index in [9.17, 15) is 4.39 Å². The van der Waals surface area contributed by atoms with E-state index in [1.54, 1.807) is 6.07 Å². The van der Waals surface area contributed by atoms with Gasteiger partial charge in [-0.25, -0.2) is 4.39 Å². The van der Waals surface area contributed by atoms with Gasteiger partial charge in [0, 0.05) is 25.3 Å². The van der Waals surface area contributed by atoms with Crippen LogP contribution in [-0.2, 0) is 6.54 Å². The van der Waals surface area contributed by atoms with Crippen LogP contribution in [0.3, 0.4) is 0 Å². The number of hydrogen-bond acceptors (Lipinski definition) is 2. The van der Waals surface area contributed by atoms with Crippen molar-refractivity contribution in [2.24, 2.45) is 5.73 Å². The largest absolute Gasteiger partial charge is 0.372 e. The maximum absolute atomic E-state index is 13.0. The van der Waals surface area contributed by atoms with Crippen molar-refractivity contribution < 1.29 is 4.39 Å². The van der Waals surface area contributed by atoms with Crippen LogP contribution < -0.4 is 10.6 Å². The van der Waals surface area contributed by atoms with Crippen LogP contribution in [0.2, 0.25) is 0 Å². The second-order valence-corrected chi connectivity index (χ2v) is 3.85. The lowest BCUT2D eigenvalue weighted by Crippen LogP contribution is -2.29. The van der Waals surface area contributed by atoms with Gasteiger partial charge in [0.2, 0.25) is 0 Å². The van der Waals surface area contributed by atoms with E-state index in [1.165, 1.54) is 12.1 Å². The standard InChI is InChI=1S/C12H19FN2/c1-4-9(2)15(3)12-6-5-11(13)7-10(12)8-14/h5-7,9H,4,8,14H2,1-3H3. The van der Waals surface area contributed by atoms with E-state index in [-0.39, 0.29) is 5.82 Å². The van der Waals surface area contributed by atoms with Gasteiger partial charge in [-0.2, -0.15) is 0 Å². The van der Waals surface area contributed by atoms with Crippen LogP contribution >= 0.6 is 0 Å².